The quantitative estimate of drug-likeness (QED) is 0.161. The molecule has 11 heteroatoms. The van der Waals surface area contributed by atoms with Gasteiger partial charge < -0.3 is 25.3 Å². The third-order valence-corrected chi connectivity index (χ3v) is 10.6. The number of carbonyl (C=O) groups is 1. The summed E-state index contributed by atoms with van der Waals surface area (Å²) in [5.74, 6) is 1.59. The number of nitrogens with one attached hydrogen (secondary N) is 2. The van der Waals surface area contributed by atoms with Gasteiger partial charge in [-0.2, -0.15) is 19.6 Å². The van der Waals surface area contributed by atoms with E-state index in [0.717, 1.165) is 63.5 Å². The second-order valence-corrected chi connectivity index (χ2v) is 14.9. The fourth-order valence-corrected chi connectivity index (χ4v) is 7.42. The van der Waals surface area contributed by atoms with E-state index in [1.54, 1.807) is 6.08 Å². The van der Waals surface area contributed by atoms with Crippen molar-refractivity contribution in [2.75, 3.05) is 69.4 Å². The minimum absolute atomic E-state index is 0.150. The van der Waals surface area contributed by atoms with E-state index in [1.165, 1.54) is 38.8 Å². The zero-order valence-electron chi connectivity index (χ0n) is 30.6. The molecule has 2 aliphatic rings. The second-order valence-electron chi connectivity index (χ2n) is 14.9. The van der Waals surface area contributed by atoms with Crippen LogP contribution in [0.2, 0.25) is 0 Å². The molecule has 5 heterocycles. The van der Waals surface area contributed by atoms with Crippen molar-refractivity contribution in [3.8, 4) is 11.3 Å². The maximum Gasteiger partial charge on any atom is 0.248 e. The van der Waals surface area contributed by atoms with Crippen molar-refractivity contribution in [3.05, 3.63) is 84.2 Å². The van der Waals surface area contributed by atoms with Gasteiger partial charge in [-0.25, -0.2) is 0 Å². The van der Waals surface area contributed by atoms with Gasteiger partial charge in [0.2, 0.25) is 17.8 Å². The molecule has 2 aromatic carbocycles. The van der Waals surface area contributed by atoms with E-state index >= 15 is 0 Å². The van der Waals surface area contributed by atoms with Gasteiger partial charge in [0.15, 0.2) is 5.65 Å². The predicted octanol–water partition coefficient (Wildman–Crippen LogP) is 6.44. The number of likely N-dealkylation sites (tertiary alicyclic amines) is 1. The van der Waals surface area contributed by atoms with Crippen LogP contribution in [0.25, 0.3) is 27.7 Å². The summed E-state index contributed by atoms with van der Waals surface area (Å²) >= 11 is 0. The number of benzene rings is 2. The van der Waals surface area contributed by atoms with E-state index in [2.05, 4.69) is 59.5 Å². The van der Waals surface area contributed by atoms with Crippen LogP contribution in [-0.4, -0.2) is 94.1 Å². The summed E-state index contributed by atoms with van der Waals surface area (Å²) in [7, 11) is 6.18. The molecule has 1 amide bonds. The minimum Gasteiger partial charge on any atom is -0.350 e. The second kappa shape index (κ2) is 14.8. The smallest absolute Gasteiger partial charge is 0.248 e. The molecule has 0 bridgehead atoms. The Morgan fingerprint density at radius 1 is 1.00 bits per heavy atom. The lowest BCUT2D eigenvalue weighted by Crippen LogP contribution is -2.46. The summed E-state index contributed by atoms with van der Waals surface area (Å²) in [6.45, 7) is 9.92. The van der Waals surface area contributed by atoms with Crippen LogP contribution in [0.15, 0.2) is 73.1 Å². The molecule has 51 heavy (non-hydrogen) atoms. The summed E-state index contributed by atoms with van der Waals surface area (Å²) in [4.78, 5) is 34.4. The first-order valence-electron chi connectivity index (χ1n) is 18.2. The number of nitrogens with zero attached hydrogens (tertiary/aromatic N) is 8. The monoisotopic (exact) mass is 686 g/mol. The summed E-state index contributed by atoms with van der Waals surface area (Å²) in [5.41, 5.74) is 6.18. The van der Waals surface area contributed by atoms with Crippen LogP contribution >= 0.6 is 0 Å². The van der Waals surface area contributed by atoms with E-state index in [1.807, 2.05) is 72.3 Å². The van der Waals surface area contributed by atoms with Crippen molar-refractivity contribution < 1.29 is 4.79 Å². The average molecular weight is 687 g/mol. The number of rotatable bonds is 10. The van der Waals surface area contributed by atoms with Gasteiger partial charge in [0.05, 0.1) is 11.9 Å². The first-order valence-corrected chi connectivity index (χ1v) is 18.2. The van der Waals surface area contributed by atoms with Crippen molar-refractivity contribution in [2.45, 2.75) is 52.0 Å². The highest BCUT2D eigenvalue weighted by Crippen LogP contribution is 2.42. The molecule has 0 saturated carbocycles. The van der Waals surface area contributed by atoms with Gasteiger partial charge in [-0.05, 0) is 100 Å². The number of anilines is 3. The fraction of sp³-hybridized carbons (Fsp3) is 0.425. The minimum atomic E-state index is -0.150. The van der Waals surface area contributed by atoms with Crippen LogP contribution in [0.5, 0.6) is 0 Å². The molecule has 11 nitrogen and oxygen atoms in total. The van der Waals surface area contributed by atoms with Crippen LogP contribution in [0, 0.1) is 5.41 Å². The van der Waals surface area contributed by atoms with Crippen molar-refractivity contribution >= 4 is 39.9 Å². The molecule has 2 aliphatic heterocycles. The predicted molar refractivity (Wildman–Crippen MR) is 206 cm³/mol. The Morgan fingerprint density at radius 3 is 2.53 bits per heavy atom. The van der Waals surface area contributed by atoms with E-state index in [-0.39, 0.29) is 11.8 Å². The van der Waals surface area contributed by atoms with E-state index < -0.39 is 0 Å². The summed E-state index contributed by atoms with van der Waals surface area (Å²) in [6, 6.07) is 16.3. The van der Waals surface area contributed by atoms with Gasteiger partial charge in [-0.15, -0.1) is 0 Å². The Labute approximate surface area is 300 Å². The van der Waals surface area contributed by atoms with Crippen LogP contribution in [0.4, 0.5) is 17.6 Å². The fourth-order valence-electron chi connectivity index (χ4n) is 7.42. The number of carbonyl (C=O) groups excluding carboxylic acids is 1. The Bertz CT molecular complexity index is 2030. The highest BCUT2D eigenvalue weighted by atomic mass is 16.1. The molecular weight excluding hydrogens is 637 g/mol. The first kappa shape index (κ1) is 34.6. The molecule has 5 aromatic rings. The van der Waals surface area contributed by atoms with Gasteiger partial charge in [0, 0.05) is 60.7 Å². The van der Waals surface area contributed by atoms with Crippen LogP contribution < -0.4 is 15.5 Å². The average Bonchev–Trinajstić information content (AvgIpc) is 3.57. The number of pyridine rings is 1. The molecule has 2 N–H and O–H groups in total. The summed E-state index contributed by atoms with van der Waals surface area (Å²) in [5, 5.41) is 13.4. The highest BCUT2D eigenvalue weighted by molar-refractivity contribution is 6.02. The zero-order chi connectivity index (χ0) is 35.5. The van der Waals surface area contributed by atoms with E-state index in [9.17, 15) is 4.79 Å². The van der Waals surface area contributed by atoms with Gasteiger partial charge in [-0.3, -0.25) is 9.78 Å². The van der Waals surface area contributed by atoms with Crippen molar-refractivity contribution in [1.82, 2.24) is 34.4 Å². The summed E-state index contributed by atoms with van der Waals surface area (Å²) < 4.78 is 1.85. The zero-order valence-corrected chi connectivity index (χ0v) is 30.6. The number of piperidine rings is 2. The number of amides is 1. The van der Waals surface area contributed by atoms with Gasteiger partial charge in [0.25, 0.3) is 0 Å². The number of hydrogen-bond acceptors (Lipinski definition) is 9. The molecule has 2 saturated heterocycles. The third-order valence-electron chi connectivity index (χ3n) is 10.6. The van der Waals surface area contributed by atoms with Crippen molar-refractivity contribution in [3.63, 3.8) is 0 Å². The molecule has 2 fully saturated rings. The summed E-state index contributed by atoms with van der Waals surface area (Å²) in [6.07, 6.45) is 12.1. The third kappa shape index (κ3) is 7.60. The SMILES string of the molecule is CC(C)c1cnn2c(NCc3ccccc3-c3nccc4cc(NC(=O)/C=C/CN(C)C)ccc34)nc(N3CCC4(CCN(C)CC4)CC3)nc12. The molecule has 0 aliphatic carbocycles. The molecule has 7 rings (SSSR count). The molecule has 0 radical (unpaired) electrons. The van der Waals surface area contributed by atoms with Crippen molar-refractivity contribution in [2.24, 2.45) is 5.41 Å². The van der Waals surface area contributed by atoms with E-state index in [0.29, 0.717) is 24.5 Å². The topological polar surface area (TPSA) is 107 Å². The van der Waals surface area contributed by atoms with Crippen LogP contribution in [-0.2, 0) is 11.3 Å². The lowest BCUT2D eigenvalue weighted by atomic mass is 9.71. The molecule has 3 aromatic heterocycles. The number of aromatic nitrogens is 5. The maximum atomic E-state index is 12.5. The Balaban J connectivity index is 1.14. The normalized spacial score (nSPS) is 16.6. The standard InChI is InChI=1S/C40H50N10O/c1-28(2)34-27-43-50-37(34)45-39(49-23-17-40(18-24-49)15-21-48(5)22-16-40)46-38(50)42-26-30-9-6-7-10-32(30)36-33-13-12-31(25-29(33)14-19-41-36)44-35(51)11-8-20-47(3)4/h6-14,19,25,27-28H,15-18,20-24,26H2,1-5H3,(H,44,51)(H,42,45,46)/b11-8+. The highest BCUT2D eigenvalue weighted by Gasteiger charge is 2.37. The Hall–Kier alpha value is -4.87. The van der Waals surface area contributed by atoms with Gasteiger partial charge in [0.1, 0.15) is 0 Å². The molecule has 0 atom stereocenters. The van der Waals surface area contributed by atoms with Gasteiger partial charge >= 0.3 is 0 Å². The lowest BCUT2D eigenvalue weighted by molar-refractivity contribution is -0.111. The number of likely N-dealkylation sites (N-methyl/N-ethyl adjacent to an activating group) is 1. The molecule has 0 unspecified atom stereocenters. The molecular formula is C40H50N10O. The van der Waals surface area contributed by atoms with E-state index in [4.69, 9.17) is 20.1 Å². The largest absolute Gasteiger partial charge is 0.350 e. The van der Waals surface area contributed by atoms with Crippen molar-refractivity contribution in [1.29, 1.82) is 0 Å². The molecule has 1 spiro atoms. The van der Waals surface area contributed by atoms with Crippen LogP contribution in [0.3, 0.4) is 0 Å². The lowest BCUT2D eigenvalue weighted by Gasteiger charge is -2.46. The van der Waals surface area contributed by atoms with Crippen LogP contribution in [0.1, 0.15) is 56.6 Å². The molecule has 266 valence electrons. The number of fused-ring (bicyclic) bond motifs is 2. The first-order chi connectivity index (χ1) is 24.7. The Kier molecular flexibility index (Phi) is 10.0. The Morgan fingerprint density at radius 2 is 1.76 bits per heavy atom. The number of hydrogen-bond donors (Lipinski definition) is 2. The van der Waals surface area contributed by atoms with Gasteiger partial charge in [-0.1, -0.05) is 50.3 Å². The maximum absolute atomic E-state index is 12.5.